The number of rotatable bonds is 86. The first-order valence-electron chi connectivity index (χ1n) is 48.6. The molecule has 0 aliphatic rings. The molecule has 0 aromatic heterocycles. The van der Waals surface area contributed by atoms with E-state index in [0.717, 1.165) is 0 Å². The monoisotopic (exact) mass is 1910 g/mol. The fourth-order valence-corrected chi connectivity index (χ4v) is 14.7. The van der Waals surface area contributed by atoms with E-state index >= 15 is 4.79 Å². The predicted octanol–water partition coefficient (Wildman–Crippen LogP) is -6.08. The van der Waals surface area contributed by atoms with Crippen LogP contribution in [-0.2, 0) is 71.9 Å². The van der Waals surface area contributed by atoms with Gasteiger partial charge in [0.2, 0.25) is 82.7 Å². The number of carbonyl (C=O) groups is 15. The van der Waals surface area contributed by atoms with E-state index in [4.69, 9.17) is 86.0 Å². The summed E-state index contributed by atoms with van der Waals surface area (Å²) in [6.07, 6.45) is 11.1. The molecule has 0 saturated heterocycles. The fraction of sp³-hybridized carbons (Fsp3) is 0.828. The maximum absolute atomic E-state index is 15.0. The smallest absolute Gasteiger partial charge is 0.326 e. The second-order valence-corrected chi connectivity index (χ2v) is 34.3. The molecular formula is C87H175N29O16S. The second-order valence-electron chi connectivity index (χ2n) is 34.0. The minimum Gasteiger partial charge on any atom is -0.480 e. The highest BCUT2D eigenvalue weighted by molar-refractivity contribution is 7.80. The third-order valence-electron chi connectivity index (χ3n) is 22.6. The Kier molecular flexibility index (Phi) is 75.0. The highest BCUT2D eigenvalue weighted by Gasteiger charge is 2.39. The van der Waals surface area contributed by atoms with Gasteiger partial charge in [-0.05, 0) is 361 Å². The Bertz CT molecular complexity index is 3220. The van der Waals surface area contributed by atoms with Gasteiger partial charge in [0.25, 0.3) is 0 Å². The molecule has 14 amide bonds. The van der Waals surface area contributed by atoms with Gasteiger partial charge in [0, 0.05) is 5.75 Å². The lowest BCUT2D eigenvalue weighted by atomic mass is 10.0. The standard InChI is InChI=1S/C87H175N29O16S/c88-43-15-1-29-59(103-73(117)58(102)57-133)74(118)104-60(30-2-16-44-89)75(119)105-61(31-3-17-45-90)76(120)106-62(32-4-18-46-91)77(121)107-63(33-5-19-47-92)78(122)108-64(34-6-20-48-93)79(123)109-65(35-7-21-49-94)80(124)110-66(36-8-22-50-95)81(125)111-67(37-9-23-51-96)82(126)112-68(38-10-24-52-97)83(127)113-69(39-11-25-53-98)84(128)114-70(40-12-26-54-99)85(129)115-71(41-13-27-55-100)86(130)116-72(87(131)132)42-14-28-56-101/h58-72,133H,1-57,88-102H2,(H,103,117)(H,104,118)(H,105,119)(H,106,120)(H,107,121)(H,108,122)(H,109,123)(H,110,124)(H,111,125)(H,112,126)(H,113,127)(H,114,128)(H,115,129)(H,116,130)(H,131,132)/t58-,59-,60-,61-,62-,63-,64-,65-,66-,67-,68-,69-,70-,71-,72-/m0/s1. The van der Waals surface area contributed by atoms with Crippen LogP contribution in [-0.4, -0.2) is 282 Å². The fourth-order valence-electron chi connectivity index (χ4n) is 14.6. The van der Waals surface area contributed by atoms with Crippen molar-refractivity contribution >= 4 is 101 Å². The number of carbonyl (C=O) groups excluding carboxylic acids is 14. The zero-order valence-corrected chi connectivity index (χ0v) is 80.0. The highest BCUT2D eigenvalue weighted by Crippen LogP contribution is 2.18. The minimum absolute atomic E-state index is 0.00750. The Balaban J connectivity index is 7.70. The molecule has 770 valence electrons. The second kappa shape index (κ2) is 80.0. The number of carboxylic acids is 1. The molecule has 0 aromatic rings. The molecule has 133 heavy (non-hydrogen) atoms. The number of nitrogens with two attached hydrogens (primary N) is 15. The van der Waals surface area contributed by atoms with Crippen LogP contribution in [0.5, 0.6) is 0 Å². The first-order chi connectivity index (χ1) is 64.0. The molecule has 45 nitrogen and oxygen atoms in total. The van der Waals surface area contributed by atoms with Crippen LogP contribution < -0.4 is 160 Å². The molecule has 46 heteroatoms. The van der Waals surface area contributed by atoms with E-state index in [2.05, 4.69) is 87.1 Å². The van der Waals surface area contributed by atoms with Gasteiger partial charge in [-0.25, -0.2) is 4.79 Å². The molecule has 0 unspecified atom stereocenters. The molecule has 15 atom stereocenters. The summed E-state index contributed by atoms with van der Waals surface area (Å²) in [6.45, 7) is 3.30. The summed E-state index contributed by atoms with van der Waals surface area (Å²) < 4.78 is 0. The molecule has 0 spiro atoms. The van der Waals surface area contributed by atoms with Crippen LogP contribution >= 0.6 is 12.6 Å². The third kappa shape index (κ3) is 56.8. The van der Waals surface area contributed by atoms with Crippen LogP contribution in [0.4, 0.5) is 0 Å². The van der Waals surface area contributed by atoms with Gasteiger partial charge in [0.05, 0.1) is 6.04 Å². The van der Waals surface area contributed by atoms with Crippen molar-refractivity contribution < 1.29 is 77.0 Å². The van der Waals surface area contributed by atoms with E-state index in [1.54, 1.807) is 0 Å². The van der Waals surface area contributed by atoms with Crippen LogP contribution in [0, 0.1) is 0 Å². The molecule has 0 rings (SSSR count). The first-order valence-corrected chi connectivity index (χ1v) is 49.3. The largest absolute Gasteiger partial charge is 0.480 e. The van der Waals surface area contributed by atoms with Gasteiger partial charge in [-0.15, -0.1) is 0 Å². The van der Waals surface area contributed by atoms with Crippen molar-refractivity contribution in [2.75, 3.05) is 97.4 Å². The summed E-state index contributed by atoms with van der Waals surface area (Å²) in [7, 11) is 0. The SMILES string of the molecule is NCCCC[C@H](NC(=O)[C@H](CCCCN)NC(=O)[C@H](CCCCN)NC(=O)[C@H](CCCCN)NC(=O)[C@H](CCCCN)NC(=O)[C@H](CCCCN)NC(=O)[C@H](CCCCN)NC(=O)[C@H](CCCCN)NC(=O)[C@H](CCCCN)NC(=O)[C@H](CCCCN)NC(=O)[C@H](CCCCN)NC(=O)[C@H](CCCCN)NC(=O)[C@H](CCCCN)NC(=O)[C@H](CCCCN)NC(=O)[C@@H](N)CS)C(=O)O. The summed E-state index contributed by atoms with van der Waals surface area (Å²) in [5, 5.41) is 48.6. The number of amides is 14. The Morgan fingerprint density at radius 2 is 0.256 bits per heavy atom. The number of unbranched alkanes of at least 4 members (excludes halogenated alkanes) is 14. The van der Waals surface area contributed by atoms with E-state index in [0.29, 0.717) is 167 Å². The normalized spacial score (nSPS) is 14.7. The molecule has 0 fully saturated rings. The maximum atomic E-state index is 15.0. The summed E-state index contributed by atoms with van der Waals surface area (Å²) in [4.78, 5) is 216. The Hall–Kier alpha value is -8.20. The van der Waals surface area contributed by atoms with E-state index in [-0.39, 0.29) is 200 Å². The molecule has 0 saturated carbocycles. The third-order valence-corrected chi connectivity index (χ3v) is 23.0. The number of thiol groups is 1. The molecule has 0 heterocycles. The topological polar surface area (TPSA) is 835 Å². The summed E-state index contributed by atoms with van der Waals surface area (Å²) in [6, 6.07) is -19.4. The minimum atomic E-state index is -1.39. The Morgan fingerprint density at radius 1 is 0.165 bits per heavy atom. The quantitative estimate of drug-likeness (QED) is 0.0199. The van der Waals surface area contributed by atoms with Crippen LogP contribution in [0.2, 0.25) is 0 Å². The van der Waals surface area contributed by atoms with Crippen molar-refractivity contribution in [1.82, 2.24) is 74.4 Å². The predicted molar refractivity (Wildman–Crippen MR) is 517 cm³/mol. The van der Waals surface area contributed by atoms with Gasteiger partial charge in [0.1, 0.15) is 84.6 Å². The van der Waals surface area contributed by atoms with Gasteiger partial charge in [0.15, 0.2) is 0 Å². The molecule has 0 bridgehead atoms. The van der Waals surface area contributed by atoms with Gasteiger partial charge < -0.3 is 166 Å². The Labute approximate surface area is 792 Å². The average molecular weight is 1920 g/mol. The van der Waals surface area contributed by atoms with Crippen molar-refractivity contribution in [1.29, 1.82) is 0 Å². The van der Waals surface area contributed by atoms with Crippen LogP contribution in [0.15, 0.2) is 0 Å². The van der Waals surface area contributed by atoms with Gasteiger partial charge in [-0.2, -0.15) is 12.6 Å². The van der Waals surface area contributed by atoms with Crippen molar-refractivity contribution in [2.45, 2.75) is 360 Å². The van der Waals surface area contributed by atoms with Crippen molar-refractivity contribution in [3.8, 4) is 0 Å². The van der Waals surface area contributed by atoms with Gasteiger partial charge in [-0.1, -0.05) is 0 Å². The zero-order chi connectivity index (χ0) is 99.5. The van der Waals surface area contributed by atoms with Crippen LogP contribution in [0.1, 0.15) is 270 Å². The zero-order valence-electron chi connectivity index (χ0n) is 79.1. The lowest BCUT2D eigenvalue weighted by Gasteiger charge is -2.29. The first kappa shape index (κ1) is 125. The molecule has 45 N–H and O–H groups in total. The number of aliphatic carboxylic acids is 1. The molecule has 0 aliphatic heterocycles. The molecule has 0 radical (unpaired) electrons. The van der Waals surface area contributed by atoms with Gasteiger partial charge in [-0.3, -0.25) is 67.1 Å². The molecule has 0 aromatic carbocycles. The van der Waals surface area contributed by atoms with E-state index in [1.165, 1.54) is 0 Å². The maximum Gasteiger partial charge on any atom is 0.326 e. The van der Waals surface area contributed by atoms with E-state index in [1.807, 2.05) is 0 Å². The summed E-state index contributed by atoms with van der Waals surface area (Å²) in [5.41, 5.74) is 88.2. The Morgan fingerprint density at radius 3 is 0.346 bits per heavy atom. The van der Waals surface area contributed by atoms with Crippen molar-refractivity contribution in [3.63, 3.8) is 0 Å². The number of hydrogen-bond acceptors (Lipinski definition) is 31. The number of carboxylic acid groups (broad SMARTS) is 1. The van der Waals surface area contributed by atoms with E-state index < -0.39 is 179 Å². The van der Waals surface area contributed by atoms with Gasteiger partial charge >= 0.3 is 5.97 Å². The van der Waals surface area contributed by atoms with Crippen LogP contribution in [0.3, 0.4) is 0 Å². The van der Waals surface area contributed by atoms with E-state index in [9.17, 15) is 72.2 Å². The number of hydrogen-bond donors (Lipinski definition) is 31. The van der Waals surface area contributed by atoms with Crippen molar-refractivity contribution in [3.05, 3.63) is 0 Å². The highest BCUT2D eigenvalue weighted by atomic mass is 32.1. The average Bonchev–Trinajstić information content (AvgIpc) is 0.854. The summed E-state index contributed by atoms with van der Waals surface area (Å²) >= 11 is 4.12. The molecule has 0 aliphatic carbocycles. The molecular weight excluding hydrogens is 1740 g/mol. The summed E-state index contributed by atoms with van der Waals surface area (Å²) in [5.74, 6) is -12.2. The van der Waals surface area contributed by atoms with Crippen LogP contribution in [0.25, 0.3) is 0 Å². The lowest BCUT2D eigenvalue weighted by Crippen LogP contribution is -2.61. The lowest BCUT2D eigenvalue weighted by molar-refractivity contribution is -0.142. The van der Waals surface area contributed by atoms with Crippen molar-refractivity contribution in [2.24, 2.45) is 86.0 Å². The number of nitrogens with one attached hydrogen (secondary N) is 14.